The van der Waals surface area contributed by atoms with Crippen LogP contribution in [0.2, 0.25) is 0 Å². The van der Waals surface area contributed by atoms with E-state index >= 15 is 0 Å². The molecule has 0 fully saturated rings. The maximum Gasteiger partial charge on any atom is 0.343 e. The molecular formula is C26H28F3N3O5. The number of hydrogen-bond donors (Lipinski definition) is 1. The smallest absolute Gasteiger partial charge is 0.343 e. The molecule has 1 atom stereocenters. The van der Waals surface area contributed by atoms with Crippen molar-refractivity contribution in [2.24, 2.45) is 5.92 Å². The summed E-state index contributed by atoms with van der Waals surface area (Å²) in [6.07, 6.45) is 1.06. The lowest BCUT2D eigenvalue weighted by Crippen LogP contribution is -2.26. The van der Waals surface area contributed by atoms with Crippen LogP contribution in [0.3, 0.4) is 0 Å². The van der Waals surface area contributed by atoms with Gasteiger partial charge in [-0.25, -0.2) is 22.9 Å². The average Bonchev–Trinajstić information content (AvgIpc) is 2.77. The molecule has 0 amide bonds. The summed E-state index contributed by atoms with van der Waals surface area (Å²) in [6, 6.07) is 3.77. The van der Waals surface area contributed by atoms with Gasteiger partial charge in [-0.05, 0) is 45.7 Å². The van der Waals surface area contributed by atoms with Gasteiger partial charge in [0.2, 0.25) is 5.43 Å². The molecule has 1 N–H and O–H groups in total. The number of halogens is 3. The van der Waals surface area contributed by atoms with E-state index in [1.807, 2.05) is 6.92 Å². The molecule has 3 rings (SSSR count). The molecule has 1 aromatic carbocycles. The van der Waals surface area contributed by atoms with Crippen molar-refractivity contribution in [2.75, 3.05) is 18.5 Å². The van der Waals surface area contributed by atoms with Crippen LogP contribution in [-0.4, -0.2) is 40.2 Å². The zero-order valence-corrected chi connectivity index (χ0v) is 21.2. The van der Waals surface area contributed by atoms with Crippen molar-refractivity contribution in [2.45, 2.75) is 46.6 Å². The zero-order chi connectivity index (χ0) is 27.5. The van der Waals surface area contributed by atoms with Crippen molar-refractivity contribution in [3.63, 3.8) is 0 Å². The minimum Gasteiger partial charge on any atom is -0.462 e. The summed E-state index contributed by atoms with van der Waals surface area (Å²) in [7, 11) is 0. The number of fused-ring (bicyclic) bond motifs is 1. The van der Waals surface area contributed by atoms with Crippen molar-refractivity contribution in [1.29, 1.82) is 0 Å². The molecule has 0 aliphatic rings. The Balaban J connectivity index is 2.03. The number of benzene rings is 1. The number of nitrogens with one attached hydrogen (secondary N) is 1. The summed E-state index contributed by atoms with van der Waals surface area (Å²) in [6.45, 7) is 8.94. The van der Waals surface area contributed by atoms with Crippen LogP contribution in [-0.2, 0) is 14.3 Å². The summed E-state index contributed by atoms with van der Waals surface area (Å²) in [4.78, 5) is 41.8. The summed E-state index contributed by atoms with van der Waals surface area (Å²) in [5.41, 5.74) is -2.72. The van der Waals surface area contributed by atoms with Gasteiger partial charge in [0.1, 0.15) is 28.5 Å². The van der Waals surface area contributed by atoms with Crippen molar-refractivity contribution in [3.8, 4) is 5.69 Å². The third-order valence-corrected chi connectivity index (χ3v) is 5.14. The van der Waals surface area contributed by atoms with Crippen molar-refractivity contribution in [1.82, 2.24) is 9.55 Å². The van der Waals surface area contributed by atoms with E-state index < -0.39 is 45.7 Å². The first-order valence-corrected chi connectivity index (χ1v) is 11.6. The molecule has 0 aliphatic carbocycles. The van der Waals surface area contributed by atoms with Crippen molar-refractivity contribution < 1.29 is 32.2 Å². The Morgan fingerprint density at radius 2 is 1.78 bits per heavy atom. The van der Waals surface area contributed by atoms with Crippen LogP contribution in [0, 0.1) is 23.4 Å². The Morgan fingerprint density at radius 1 is 1.14 bits per heavy atom. The van der Waals surface area contributed by atoms with E-state index in [0.29, 0.717) is 18.7 Å². The van der Waals surface area contributed by atoms with Gasteiger partial charge >= 0.3 is 11.9 Å². The second-order valence-corrected chi connectivity index (χ2v) is 9.52. The van der Waals surface area contributed by atoms with Crippen molar-refractivity contribution >= 4 is 28.8 Å². The number of esters is 2. The van der Waals surface area contributed by atoms with Crippen LogP contribution >= 0.6 is 0 Å². The van der Waals surface area contributed by atoms with Gasteiger partial charge in [0, 0.05) is 31.3 Å². The van der Waals surface area contributed by atoms with Crippen LogP contribution in [0.5, 0.6) is 0 Å². The first-order chi connectivity index (χ1) is 17.3. The zero-order valence-electron chi connectivity index (χ0n) is 21.2. The minimum atomic E-state index is -1.26. The molecule has 8 nitrogen and oxygen atoms in total. The SMILES string of the molecule is CCOC(=O)c1cn(-c2c(F)cc(F)cc2F)c2nc(NC[C@@H](C)CC(=O)OC(C)(C)C)ccc2c1=O. The predicted octanol–water partition coefficient (Wildman–Crippen LogP) is 4.76. The average molecular weight is 520 g/mol. The molecule has 0 saturated heterocycles. The molecule has 198 valence electrons. The normalized spacial score (nSPS) is 12.3. The Kier molecular flexibility index (Phi) is 8.25. The first kappa shape index (κ1) is 27.7. The number of nitrogens with zero attached hydrogens (tertiary/aromatic N) is 2. The Morgan fingerprint density at radius 3 is 2.38 bits per heavy atom. The van der Waals surface area contributed by atoms with Crippen LogP contribution in [0.25, 0.3) is 16.7 Å². The van der Waals surface area contributed by atoms with Crippen LogP contribution in [0.4, 0.5) is 19.0 Å². The summed E-state index contributed by atoms with van der Waals surface area (Å²) in [5.74, 6) is -4.92. The second-order valence-electron chi connectivity index (χ2n) is 9.52. The van der Waals surface area contributed by atoms with Crippen molar-refractivity contribution in [3.05, 3.63) is 63.7 Å². The molecule has 3 aromatic rings. The topological polar surface area (TPSA) is 99.5 Å². The number of aromatic nitrogens is 2. The van der Waals surface area contributed by atoms with E-state index in [1.165, 1.54) is 12.1 Å². The van der Waals surface area contributed by atoms with Gasteiger partial charge in [-0.1, -0.05) is 6.92 Å². The highest BCUT2D eigenvalue weighted by molar-refractivity contribution is 5.93. The fourth-order valence-electron chi connectivity index (χ4n) is 3.61. The molecule has 0 spiro atoms. The summed E-state index contributed by atoms with van der Waals surface area (Å²) in [5, 5.41) is 2.92. The van der Waals surface area contributed by atoms with Crippen LogP contribution < -0.4 is 10.7 Å². The number of anilines is 1. The summed E-state index contributed by atoms with van der Waals surface area (Å²) >= 11 is 0. The Hall–Kier alpha value is -3.89. The minimum absolute atomic E-state index is 0.0296. The van der Waals surface area contributed by atoms with Gasteiger partial charge in [0.25, 0.3) is 0 Å². The molecule has 0 bridgehead atoms. The van der Waals surface area contributed by atoms with E-state index in [1.54, 1.807) is 27.7 Å². The number of hydrogen-bond acceptors (Lipinski definition) is 7. The highest BCUT2D eigenvalue weighted by Crippen LogP contribution is 2.24. The molecule has 2 aromatic heterocycles. The van der Waals surface area contributed by atoms with Gasteiger partial charge in [-0.2, -0.15) is 0 Å². The highest BCUT2D eigenvalue weighted by Gasteiger charge is 2.23. The van der Waals surface area contributed by atoms with E-state index in [9.17, 15) is 27.6 Å². The van der Waals surface area contributed by atoms with Gasteiger partial charge in [-0.15, -0.1) is 0 Å². The van der Waals surface area contributed by atoms with E-state index in [-0.39, 0.29) is 41.8 Å². The molecule has 0 radical (unpaired) electrons. The summed E-state index contributed by atoms with van der Waals surface area (Å²) < 4.78 is 54.1. The predicted molar refractivity (Wildman–Crippen MR) is 131 cm³/mol. The van der Waals surface area contributed by atoms with Gasteiger partial charge < -0.3 is 14.8 Å². The number of carbonyl (C=O) groups excluding carboxylic acids is 2. The third kappa shape index (κ3) is 6.66. The lowest BCUT2D eigenvalue weighted by atomic mass is 10.1. The molecule has 0 unspecified atom stereocenters. The maximum absolute atomic E-state index is 14.7. The number of rotatable bonds is 8. The molecule has 0 saturated carbocycles. The molecular weight excluding hydrogens is 491 g/mol. The monoisotopic (exact) mass is 519 g/mol. The fraction of sp³-hybridized carbons (Fsp3) is 0.385. The third-order valence-electron chi connectivity index (χ3n) is 5.14. The number of carbonyl (C=O) groups is 2. The van der Waals surface area contributed by atoms with E-state index in [0.717, 1.165) is 10.8 Å². The highest BCUT2D eigenvalue weighted by atomic mass is 19.1. The van der Waals surface area contributed by atoms with E-state index in [4.69, 9.17) is 9.47 Å². The molecule has 2 heterocycles. The number of pyridine rings is 2. The van der Waals surface area contributed by atoms with Gasteiger partial charge in [0.05, 0.1) is 12.0 Å². The largest absolute Gasteiger partial charge is 0.462 e. The molecule has 37 heavy (non-hydrogen) atoms. The maximum atomic E-state index is 14.7. The lowest BCUT2D eigenvalue weighted by Gasteiger charge is -2.21. The number of ether oxygens (including phenoxy) is 2. The van der Waals surface area contributed by atoms with Crippen LogP contribution in [0.15, 0.2) is 35.3 Å². The fourth-order valence-corrected chi connectivity index (χ4v) is 3.61. The van der Waals surface area contributed by atoms with Crippen LogP contribution in [0.1, 0.15) is 51.4 Å². The lowest BCUT2D eigenvalue weighted by molar-refractivity contribution is -0.155. The van der Waals surface area contributed by atoms with E-state index in [2.05, 4.69) is 10.3 Å². The molecule has 11 heteroatoms. The Bertz CT molecular complexity index is 1380. The second kappa shape index (κ2) is 11.0. The first-order valence-electron chi connectivity index (χ1n) is 11.6. The Labute approximate surface area is 211 Å². The quantitative estimate of drug-likeness (QED) is 0.429. The van der Waals surface area contributed by atoms with Gasteiger partial charge in [0.15, 0.2) is 17.3 Å². The standard InChI is InChI=1S/C26H28F3N3O5/c1-6-36-25(35)17-13-32(22-18(28)10-15(27)11-19(22)29)24-16(23(17)34)7-8-20(31-24)30-12-14(2)9-21(33)37-26(3,4)5/h7-8,10-11,13-14H,6,9,12H2,1-5H3,(H,30,31)/t14-/m0/s1. The van der Waals surface area contributed by atoms with Gasteiger partial charge in [-0.3, -0.25) is 14.2 Å². The molecule has 0 aliphatic heterocycles.